The maximum absolute atomic E-state index is 13.2. The van der Waals surface area contributed by atoms with Crippen molar-refractivity contribution in [3.8, 4) is 56.5 Å². The van der Waals surface area contributed by atoms with Gasteiger partial charge >= 0.3 is 0 Å². The molecule has 1 aliphatic carbocycles. The predicted molar refractivity (Wildman–Crippen MR) is 231 cm³/mol. The van der Waals surface area contributed by atoms with Gasteiger partial charge in [0.1, 0.15) is 0 Å². The normalized spacial score (nSPS) is 15.5. The van der Waals surface area contributed by atoms with Gasteiger partial charge in [-0.05, 0) is 68.0 Å². The van der Waals surface area contributed by atoms with Crippen molar-refractivity contribution in [1.82, 2.24) is 19.9 Å². The molecule has 0 bridgehead atoms. The molecule has 0 unspecified atom stereocenters. The third-order valence-corrected chi connectivity index (χ3v) is 13.1. The third-order valence-electron chi connectivity index (χ3n) is 13.1. The molecule has 57 heavy (non-hydrogen) atoms. The van der Waals surface area contributed by atoms with Gasteiger partial charge in [-0.15, -0.1) is 34.9 Å². The molecule has 0 spiro atoms. The Morgan fingerprint density at radius 3 is 1.39 bits per heavy atom. The van der Waals surface area contributed by atoms with Gasteiger partial charge in [0, 0.05) is 48.6 Å². The molecule has 1 aliphatic rings. The number of hydrogen-bond acceptors (Lipinski definition) is 5. The first-order valence-corrected chi connectivity index (χ1v) is 19.8. The Balaban J connectivity index is 0.00000549. The second kappa shape index (κ2) is 14.6. The Labute approximate surface area is 353 Å². The fraction of sp³-hybridized carbons (Fsp3) is 0.353. The number of pyridine rings is 1. The van der Waals surface area contributed by atoms with Crippen molar-refractivity contribution in [2.24, 2.45) is 5.41 Å². The SMILES string of the molecule is CC(=O)c1cc(-c2ccc(-c3nc(-c4ccc(C(C)(C)C)cc4)nc(-c4ccc(C(C)(C)C)cc4)n3)cc2)cnc1-c1[c-]cc2c(c1)C(C)(C)C(C)(C)C2(C)C.[Ir]. The number of benzene rings is 4. The molecule has 0 atom stereocenters. The molecule has 7 rings (SSSR count). The van der Waals surface area contributed by atoms with Crippen LogP contribution in [-0.2, 0) is 41.8 Å². The van der Waals surface area contributed by atoms with Gasteiger partial charge in [-0.2, -0.15) is 0 Å². The first-order chi connectivity index (χ1) is 26.1. The summed E-state index contributed by atoms with van der Waals surface area (Å²) in [5.41, 5.74) is 11.8. The summed E-state index contributed by atoms with van der Waals surface area (Å²) in [5, 5.41) is 0. The molecular weight excluding hydrogens is 877 g/mol. The number of ketones is 1. The average Bonchev–Trinajstić information content (AvgIpc) is 3.26. The van der Waals surface area contributed by atoms with Crippen LogP contribution in [-0.4, -0.2) is 25.7 Å². The van der Waals surface area contributed by atoms with Crippen LogP contribution >= 0.6 is 0 Å². The van der Waals surface area contributed by atoms with Crippen LogP contribution in [0.4, 0.5) is 0 Å². The zero-order valence-corrected chi connectivity index (χ0v) is 38.2. The molecule has 0 N–H and O–H groups in total. The van der Waals surface area contributed by atoms with Crippen LogP contribution in [0.5, 0.6) is 0 Å². The third kappa shape index (κ3) is 7.48. The number of hydrogen-bond donors (Lipinski definition) is 0. The van der Waals surface area contributed by atoms with Gasteiger partial charge in [-0.1, -0.05) is 156 Å². The summed E-state index contributed by atoms with van der Waals surface area (Å²) in [6, 6.07) is 35.0. The molecule has 1 radical (unpaired) electrons. The van der Waals surface area contributed by atoms with Crippen LogP contribution in [0.25, 0.3) is 56.5 Å². The molecule has 295 valence electrons. The second-order valence-corrected chi connectivity index (χ2v) is 19.3. The van der Waals surface area contributed by atoms with Crippen molar-refractivity contribution in [2.75, 3.05) is 0 Å². The first kappa shape index (κ1) is 42.0. The van der Waals surface area contributed by atoms with Crippen LogP contribution in [0, 0.1) is 11.5 Å². The van der Waals surface area contributed by atoms with Gasteiger partial charge in [0.25, 0.3) is 0 Å². The summed E-state index contributed by atoms with van der Waals surface area (Å²) in [6.07, 6.45) is 1.86. The molecule has 0 saturated heterocycles. The fourth-order valence-corrected chi connectivity index (χ4v) is 8.04. The molecular formula is C51H55IrN4O-. The van der Waals surface area contributed by atoms with Crippen molar-refractivity contribution >= 4 is 5.78 Å². The maximum Gasteiger partial charge on any atom is 0.164 e. The average molecular weight is 932 g/mol. The fourth-order valence-electron chi connectivity index (χ4n) is 8.04. The largest absolute Gasteiger partial charge is 0.303 e. The molecule has 2 heterocycles. The van der Waals surface area contributed by atoms with E-state index in [2.05, 4.69) is 150 Å². The van der Waals surface area contributed by atoms with E-state index in [1.54, 1.807) is 6.92 Å². The zero-order valence-electron chi connectivity index (χ0n) is 35.8. The maximum atomic E-state index is 13.2. The van der Waals surface area contributed by atoms with E-state index >= 15 is 0 Å². The van der Waals surface area contributed by atoms with Crippen molar-refractivity contribution in [1.29, 1.82) is 0 Å². The minimum atomic E-state index is -0.0679. The molecule has 5 nitrogen and oxygen atoms in total. The van der Waals surface area contributed by atoms with Crippen LogP contribution in [0.15, 0.2) is 97.2 Å². The Hall–Kier alpha value is -4.64. The van der Waals surface area contributed by atoms with Crippen LogP contribution < -0.4 is 0 Å². The topological polar surface area (TPSA) is 68.6 Å². The van der Waals surface area contributed by atoms with Gasteiger partial charge in [-0.3, -0.25) is 4.79 Å². The molecule has 6 heteroatoms. The molecule has 2 aromatic heterocycles. The minimum Gasteiger partial charge on any atom is -0.303 e. The van der Waals surface area contributed by atoms with Crippen molar-refractivity contribution in [3.63, 3.8) is 0 Å². The smallest absolute Gasteiger partial charge is 0.164 e. The van der Waals surface area contributed by atoms with E-state index in [-0.39, 0.29) is 53.0 Å². The van der Waals surface area contributed by atoms with Gasteiger partial charge in [0.05, 0.1) is 0 Å². The standard InChI is InChI=1S/C51H55N4O.Ir/c1-31(56)40-28-37(30-52-43(40)36-22-27-41-42(29-36)50(10,11)51(12,13)49(41,8)9)32-14-16-33(17-15-32)44-53-45(34-18-23-38(24-19-34)47(2,3)4)55-46(54-44)35-20-25-39(26-21-35)48(5,6)7;/h14-21,23-30H,1-13H3;/q-1;. The number of Topliss-reactive ketones (excluding diaryl/α,β-unsaturated/α-hetero) is 1. The van der Waals surface area contributed by atoms with E-state index in [1.807, 2.05) is 36.5 Å². The minimum absolute atomic E-state index is 0. The predicted octanol–water partition coefficient (Wildman–Crippen LogP) is 12.8. The Morgan fingerprint density at radius 2 is 0.965 bits per heavy atom. The number of fused-ring (bicyclic) bond motifs is 1. The number of nitrogens with zero attached hydrogens (tertiary/aromatic N) is 4. The quantitative estimate of drug-likeness (QED) is 0.123. The summed E-state index contributed by atoms with van der Waals surface area (Å²) in [4.78, 5) is 33.1. The Morgan fingerprint density at radius 1 is 0.561 bits per heavy atom. The van der Waals surface area contributed by atoms with Crippen LogP contribution in [0.2, 0.25) is 0 Å². The Kier molecular flexibility index (Phi) is 10.8. The molecule has 0 fully saturated rings. The summed E-state index contributed by atoms with van der Waals surface area (Å²) >= 11 is 0. The summed E-state index contributed by atoms with van der Waals surface area (Å²) in [7, 11) is 0. The van der Waals surface area contributed by atoms with Crippen molar-refractivity contribution in [2.45, 2.75) is 112 Å². The van der Waals surface area contributed by atoms with Crippen LogP contribution in [0.1, 0.15) is 123 Å². The molecule has 6 aromatic rings. The molecule has 0 saturated carbocycles. The number of carbonyl (C=O) groups is 1. The summed E-state index contributed by atoms with van der Waals surface area (Å²) in [5.74, 6) is 1.81. The second-order valence-electron chi connectivity index (χ2n) is 19.3. The number of aromatic nitrogens is 4. The number of rotatable bonds is 6. The summed E-state index contributed by atoms with van der Waals surface area (Å²) in [6.45, 7) is 28.9. The van der Waals surface area contributed by atoms with Crippen molar-refractivity contribution in [3.05, 3.63) is 131 Å². The molecule has 0 aliphatic heterocycles. The van der Waals surface area contributed by atoms with E-state index in [1.165, 1.54) is 22.3 Å². The van der Waals surface area contributed by atoms with E-state index in [9.17, 15) is 4.79 Å². The van der Waals surface area contributed by atoms with E-state index in [0.29, 0.717) is 28.7 Å². The number of carbonyl (C=O) groups excluding carboxylic acids is 1. The summed E-state index contributed by atoms with van der Waals surface area (Å²) < 4.78 is 0. The van der Waals surface area contributed by atoms with E-state index in [0.717, 1.165) is 33.4 Å². The van der Waals surface area contributed by atoms with Gasteiger partial charge in [-0.25, -0.2) is 15.0 Å². The monoisotopic (exact) mass is 932 g/mol. The molecule has 4 aromatic carbocycles. The Bertz CT molecular complexity index is 2390. The van der Waals surface area contributed by atoms with Crippen LogP contribution in [0.3, 0.4) is 0 Å². The zero-order chi connectivity index (χ0) is 40.6. The molecule has 0 amide bonds. The first-order valence-electron chi connectivity index (χ1n) is 19.8. The van der Waals surface area contributed by atoms with E-state index < -0.39 is 0 Å². The van der Waals surface area contributed by atoms with Gasteiger partial charge in [0.2, 0.25) is 0 Å². The van der Waals surface area contributed by atoms with Crippen molar-refractivity contribution < 1.29 is 24.9 Å². The van der Waals surface area contributed by atoms with E-state index in [4.69, 9.17) is 19.9 Å². The van der Waals surface area contributed by atoms with Gasteiger partial charge < -0.3 is 4.98 Å². The van der Waals surface area contributed by atoms with Gasteiger partial charge in [0.15, 0.2) is 23.3 Å².